The lowest BCUT2D eigenvalue weighted by atomic mass is 9.73. The van der Waals surface area contributed by atoms with Gasteiger partial charge in [0.1, 0.15) is 11.9 Å². The van der Waals surface area contributed by atoms with Crippen LogP contribution in [0.4, 0.5) is 11.8 Å². The summed E-state index contributed by atoms with van der Waals surface area (Å²) in [4.78, 5) is 25.7. The maximum absolute atomic E-state index is 11.7. The summed E-state index contributed by atoms with van der Waals surface area (Å²) in [7, 11) is 0. The third-order valence-corrected chi connectivity index (χ3v) is 6.73. The molecule has 0 saturated carbocycles. The number of carbonyl (C=O) groups excluding carboxylic acids is 1. The highest BCUT2D eigenvalue weighted by Gasteiger charge is 2.53. The molecule has 3 aliphatic heterocycles. The van der Waals surface area contributed by atoms with Crippen LogP contribution in [0.25, 0.3) is 0 Å². The molecule has 2 atom stereocenters. The first kappa shape index (κ1) is 20.3. The first-order chi connectivity index (χ1) is 13.8. The summed E-state index contributed by atoms with van der Waals surface area (Å²) >= 11 is 0. The summed E-state index contributed by atoms with van der Waals surface area (Å²) in [6.07, 6.45) is 3.67. The molecule has 2 N–H and O–H groups in total. The fourth-order valence-corrected chi connectivity index (χ4v) is 5.08. The monoisotopic (exact) mass is 403 g/mol. The number of anilines is 2. The Bertz CT molecular complexity index is 759. The Morgan fingerprint density at radius 1 is 1.17 bits per heavy atom. The predicted octanol–water partition coefficient (Wildman–Crippen LogP) is 1.40. The standard InChI is InChI=1S/C21H33N5O3/c1-15-14-17(23-19(22-15)26-9-4-5-10-26)25-11-6-21(7-12-25)18(28)20(3,8-13-29-21)24-16(2)27/h14,18,28H,4-13H2,1-3H3,(H,24,27)/t18-,20+/m1/s1. The molecule has 160 valence electrons. The van der Waals surface area contributed by atoms with Gasteiger partial charge in [-0.1, -0.05) is 0 Å². The van der Waals surface area contributed by atoms with Crippen LogP contribution in [0.3, 0.4) is 0 Å². The Labute approximate surface area is 172 Å². The van der Waals surface area contributed by atoms with E-state index in [2.05, 4.69) is 20.1 Å². The number of piperidine rings is 1. The number of hydrogen-bond donors (Lipinski definition) is 2. The molecule has 1 aromatic heterocycles. The number of hydrogen-bond acceptors (Lipinski definition) is 7. The van der Waals surface area contributed by atoms with Crippen LogP contribution < -0.4 is 15.1 Å². The lowest BCUT2D eigenvalue weighted by Crippen LogP contribution is -2.69. The van der Waals surface area contributed by atoms with Gasteiger partial charge in [-0.15, -0.1) is 0 Å². The zero-order chi connectivity index (χ0) is 20.6. The number of amides is 1. The van der Waals surface area contributed by atoms with E-state index in [1.807, 2.05) is 19.9 Å². The van der Waals surface area contributed by atoms with Crippen molar-refractivity contribution < 1.29 is 14.6 Å². The molecule has 3 aliphatic rings. The zero-order valence-corrected chi connectivity index (χ0v) is 17.8. The van der Waals surface area contributed by atoms with Gasteiger partial charge in [-0.05, 0) is 46.0 Å². The Hall–Kier alpha value is -1.93. The largest absolute Gasteiger partial charge is 0.388 e. The smallest absolute Gasteiger partial charge is 0.227 e. The third kappa shape index (κ3) is 3.92. The van der Waals surface area contributed by atoms with Crippen LogP contribution in [0.2, 0.25) is 0 Å². The molecule has 4 rings (SSSR count). The van der Waals surface area contributed by atoms with Crippen LogP contribution in [0.1, 0.15) is 51.6 Å². The first-order valence-corrected chi connectivity index (χ1v) is 10.8. The van der Waals surface area contributed by atoms with Gasteiger partial charge in [-0.3, -0.25) is 4.79 Å². The quantitative estimate of drug-likeness (QED) is 0.788. The van der Waals surface area contributed by atoms with Gasteiger partial charge >= 0.3 is 0 Å². The van der Waals surface area contributed by atoms with Crippen molar-refractivity contribution in [3.8, 4) is 0 Å². The zero-order valence-electron chi connectivity index (χ0n) is 17.8. The van der Waals surface area contributed by atoms with Crippen molar-refractivity contribution in [2.24, 2.45) is 0 Å². The van der Waals surface area contributed by atoms with Gasteiger partial charge in [0.15, 0.2) is 0 Å². The highest BCUT2D eigenvalue weighted by atomic mass is 16.5. The number of aromatic nitrogens is 2. The molecular formula is C21H33N5O3. The first-order valence-electron chi connectivity index (χ1n) is 10.8. The highest BCUT2D eigenvalue weighted by Crippen LogP contribution is 2.40. The number of aryl methyl sites for hydroxylation is 1. The number of ether oxygens (including phenoxy) is 1. The Morgan fingerprint density at radius 2 is 1.86 bits per heavy atom. The van der Waals surface area contributed by atoms with E-state index in [-0.39, 0.29) is 5.91 Å². The molecule has 29 heavy (non-hydrogen) atoms. The van der Waals surface area contributed by atoms with Gasteiger partial charge < -0.3 is 25.0 Å². The van der Waals surface area contributed by atoms with Crippen LogP contribution in [0, 0.1) is 6.92 Å². The minimum absolute atomic E-state index is 0.119. The fraction of sp³-hybridized carbons (Fsp3) is 0.762. The highest BCUT2D eigenvalue weighted by molar-refractivity contribution is 5.74. The second-order valence-electron chi connectivity index (χ2n) is 9.01. The third-order valence-electron chi connectivity index (χ3n) is 6.73. The van der Waals surface area contributed by atoms with Gasteiger partial charge in [0, 0.05) is 51.5 Å². The molecule has 1 aromatic rings. The number of aliphatic hydroxyl groups is 1. The van der Waals surface area contributed by atoms with Crippen molar-refractivity contribution in [3.63, 3.8) is 0 Å². The number of aliphatic hydroxyl groups excluding tert-OH is 1. The Balaban J connectivity index is 1.48. The summed E-state index contributed by atoms with van der Waals surface area (Å²) in [5.74, 6) is 1.65. The molecule has 1 amide bonds. The topological polar surface area (TPSA) is 90.8 Å². The second-order valence-corrected chi connectivity index (χ2v) is 9.01. The number of nitrogens with zero attached hydrogens (tertiary/aromatic N) is 4. The molecule has 8 nitrogen and oxygen atoms in total. The molecule has 0 aliphatic carbocycles. The molecule has 0 bridgehead atoms. The molecular weight excluding hydrogens is 370 g/mol. The van der Waals surface area contributed by atoms with Crippen molar-refractivity contribution in [3.05, 3.63) is 11.8 Å². The van der Waals surface area contributed by atoms with Gasteiger partial charge in [0.05, 0.1) is 11.1 Å². The van der Waals surface area contributed by atoms with E-state index < -0.39 is 17.2 Å². The van der Waals surface area contributed by atoms with E-state index in [9.17, 15) is 9.90 Å². The molecule has 0 unspecified atom stereocenters. The van der Waals surface area contributed by atoms with E-state index in [0.29, 0.717) is 25.9 Å². The van der Waals surface area contributed by atoms with Gasteiger partial charge in [0.2, 0.25) is 11.9 Å². The second kappa shape index (κ2) is 7.72. The normalized spacial score (nSPS) is 29.3. The average Bonchev–Trinajstić information content (AvgIpc) is 3.21. The van der Waals surface area contributed by atoms with Crippen LogP contribution in [-0.4, -0.2) is 71.0 Å². The van der Waals surface area contributed by atoms with Crippen molar-refractivity contribution in [1.29, 1.82) is 0 Å². The van der Waals surface area contributed by atoms with E-state index >= 15 is 0 Å². The van der Waals surface area contributed by atoms with Crippen molar-refractivity contribution in [2.45, 2.75) is 70.1 Å². The molecule has 3 fully saturated rings. The van der Waals surface area contributed by atoms with Crippen LogP contribution in [-0.2, 0) is 9.53 Å². The van der Waals surface area contributed by atoms with E-state index in [4.69, 9.17) is 9.72 Å². The van der Waals surface area contributed by atoms with E-state index in [1.54, 1.807) is 0 Å². The summed E-state index contributed by atoms with van der Waals surface area (Å²) in [5, 5.41) is 14.1. The fourth-order valence-electron chi connectivity index (χ4n) is 5.08. The van der Waals surface area contributed by atoms with Crippen molar-refractivity contribution in [1.82, 2.24) is 15.3 Å². The van der Waals surface area contributed by atoms with Crippen molar-refractivity contribution >= 4 is 17.7 Å². The molecule has 3 saturated heterocycles. The minimum Gasteiger partial charge on any atom is -0.388 e. The van der Waals surface area contributed by atoms with Gasteiger partial charge in [-0.25, -0.2) is 4.98 Å². The molecule has 0 aromatic carbocycles. The lowest BCUT2D eigenvalue weighted by Gasteiger charge is -2.53. The number of rotatable bonds is 3. The number of nitrogens with one attached hydrogen (secondary N) is 1. The molecule has 0 radical (unpaired) electrons. The maximum Gasteiger partial charge on any atom is 0.227 e. The van der Waals surface area contributed by atoms with E-state index in [1.165, 1.54) is 19.8 Å². The van der Waals surface area contributed by atoms with E-state index in [0.717, 1.165) is 43.6 Å². The summed E-state index contributed by atoms with van der Waals surface area (Å²) in [6, 6.07) is 2.04. The average molecular weight is 404 g/mol. The van der Waals surface area contributed by atoms with Crippen LogP contribution in [0.5, 0.6) is 0 Å². The van der Waals surface area contributed by atoms with Crippen LogP contribution in [0.15, 0.2) is 6.07 Å². The Kier molecular flexibility index (Phi) is 5.42. The number of carbonyl (C=O) groups is 1. The summed E-state index contributed by atoms with van der Waals surface area (Å²) in [6.45, 7) is 9.53. The molecule has 4 heterocycles. The molecule has 1 spiro atoms. The minimum atomic E-state index is -0.734. The molecule has 8 heteroatoms. The Morgan fingerprint density at radius 3 is 2.52 bits per heavy atom. The predicted molar refractivity (Wildman–Crippen MR) is 111 cm³/mol. The summed E-state index contributed by atoms with van der Waals surface area (Å²) < 4.78 is 6.14. The maximum atomic E-state index is 11.7. The summed E-state index contributed by atoms with van der Waals surface area (Å²) in [5.41, 5.74) is -0.295. The van der Waals surface area contributed by atoms with Crippen LogP contribution >= 0.6 is 0 Å². The van der Waals surface area contributed by atoms with Crippen molar-refractivity contribution in [2.75, 3.05) is 42.6 Å². The van der Waals surface area contributed by atoms with Gasteiger partial charge in [0.25, 0.3) is 0 Å². The lowest BCUT2D eigenvalue weighted by molar-refractivity contribution is -0.198. The van der Waals surface area contributed by atoms with Gasteiger partial charge in [-0.2, -0.15) is 4.98 Å². The SMILES string of the molecule is CC(=O)N[C@@]1(C)CCOC2(CCN(c3cc(C)nc(N4CCCC4)n3)CC2)[C@@H]1O.